The zero-order valence-corrected chi connectivity index (χ0v) is 22.7. The molecule has 0 radical (unpaired) electrons. The fourth-order valence-corrected chi connectivity index (χ4v) is 5.48. The van der Waals surface area contributed by atoms with Crippen LogP contribution in [-0.2, 0) is 13.1 Å². The molecule has 1 aliphatic carbocycles. The second kappa shape index (κ2) is 9.44. The van der Waals surface area contributed by atoms with Crippen LogP contribution in [0.5, 0.6) is 11.5 Å². The van der Waals surface area contributed by atoms with Crippen molar-refractivity contribution in [2.45, 2.75) is 38.9 Å². The zero-order chi connectivity index (χ0) is 26.4. The Kier molecular flexibility index (Phi) is 6.07. The van der Waals surface area contributed by atoms with Crippen molar-refractivity contribution in [2.24, 2.45) is 4.99 Å². The molecule has 0 bridgehead atoms. The largest absolute Gasteiger partial charge is 0.497 e. The molecular formula is C30H34N6O2. The van der Waals surface area contributed by atoms with Gasteiger partial charge in [0, 0.05) is 29.3 Å². The van der Waals surface area contributed by atoms with E-state index in [-0.39, 0.29) is 5.54 Å². The van der Waals surface area contributed by atoms with Crippen LogP contribution in [0.3, 0.4) is 0 Å². The highest BCUT2D eigenvalue weighted by Crippen LogP contribution is 2.38. The van der Waals surface area contributed by atoms with Gasteiger partial charge in [-0.15, -0.1) is 0 Å². The zero-order valence-electron chi connectivity index (χ0n) is 22.7. The third-order valence-corrected chi connectivity index (χ3v) is 7.39. The van der Waals surface area contributed by atoms with Gasteiger partial charge in [0.05, 0.1) is 31.6 Å². The van der Waals surface area contributed by atoms with Gasteiger partial charge in [-0.2, -0.15) is 0 Å². The van der Waals surface area contributed by atoms with Crippen LogP contribution in [0.15, 0.2) is 59.2 Å². The smallest absolute Gasteiger partial charge is 0.145 e. The molecule has 1 atom stereocenters. The van der Waals surface area contributed by atoms with Crippen molar-refractivity contribution in [1.29, 1.82) is 0 Å². The lowest BCUT2D eigenvalue weighted by Crippen LogP contribution is -2.28. The quantitative estimate of drug-likeness (QED) is 0.540. The fourth-order valence-electron chi connectivity index (χ4n) is 5.48. The van der Waals surface area contributed by atoms with Gasteiger partial charge in [0.25, 0.3) is 0 Å². The summed E-state index contributed by atoms with van der Waals surface area (Å²) in [5.74, 6) is 4.40. The van der Waals surface area contributed by atoms with Crippen LogP contribution >= 0.6 is 0 Å². The van der Waals surface area contributed by atoms with E-state index in [1.165, 1.54) is 11.1 Å². The molecule has 3 heterocycles. The number of allylic oxidation sites excluding steroid dienone is 2. The maximum atomic E-state index is 6.21. The Morgan fingerprint density at radius 2 is 2.03 bits per heavy atom. The summed E-state index contributed by atoms with van der Waals surface area (Å²) < 4.78 is 11.7. The summed E-state index contributed by atoms with van der Waals surface area (Å²) in [5.41, 5.74) is 5.40. The average Bonchev–Trinajstić information content (AvgIpc) is 3.05. The van der Waals surface area contributed by atoms with Crippen molar-refractivity contribution in [3.8, 4) is 11.5 Å². The van der Waals surface area contributed by atoms with Crippen LogP contribution in [0.2, 0.25) is 0 Å². The molecule has 0 saturated heterocycles. The van der Waals surface area contributed by atoms with E-state index >= 15 is 0 Å². The number of hydrogen-bond acceptors (Lipinski definition) is 8. The molecule has 6 rings (SSSR count). The topological polar surface area (TPSA) is 75.1 Å². The summed E-state index contributed by atoms with van der Waals surface area (Å²) in [4.78, 5) is 19.1. The van der Waals surface area contributed by atoms with Gasteiger partial charge in [0.1, 0.15) is 35.3 Å². The second-order valence-corrected chi connectivity index (χ2v) is 10.7. The number of ether oxygens (including phenoxy) is 2. The fraction of sp³-hybridized carbons (Fsp3) is 0.367. The van der Waals surface area contributed by atoms with Gasteiger partial charge in [-0.1, -0.05) is 12.1 Å². The predicted molar refractivity (Wildman–Crippen MR) is 152 cm³/mol. The van der Waals surface area contributed by atoms with Crippen molar-refractivity contribution >= 4 is 28.1 Å². The first-order chi connectivity index (χ1) is 18.3. The van der Waals surface area contributed by atoms with E-state index in [1.54, 1.807) is 7.11 Å². The summed E-state index contributed by atoms with van der Waals surface area (Å²) in [6.45, 7) is 6.88. The number of hydrogen-bond donors (Lipinski definition) is 1. The number of methoxy groups -OCH3 is 1. The van der Waals surface area contributed by atoms with E-state index in [9.17, 15) is 0 Å². The molecular weight excluding hydrogens is 476 g/mol. The minimum atomic E-state index is -0.180. The van der Waals surface area contributed by atoms with Crippen molar-refractivity contribution in [3.05, 3.63) is 71.2 Å². The maximum absolute atomic E-state index is 6.21. The van der Waals surface area contributed by atoms with E-state index in [1.807, 2.05) is 33.2 Å². The number of aromatic nitrogens is 2. The first-order valence-electron chi connectivity index (χ1n) is 13.1. The molecule has 8 nitrogen and oxygen atoms in total. The van der Waals surface area contributed by atoms with Crippen molar-refractivity contribution < 1.29 is 9.47 Å². The lowest BCUT2D eigenvalue weighted by molar-refractivity contribution is 0.331. The third-order valence-electron chi connectivity index (χ3n) is 7.39. The Bertz CT molecular complexity index is 1510. The molecule has 0 fully saturated rings. The number of nitrogens with one attached hydrogen (secondary N) is 1. The normalized spacial score (nSPS) is 20.6. The Balaban J connectivity index is 1.36. The van der Waals surface area contributed by atoms with Gasteiger partial charge in [-0.25, -0.2) is 9.97 Å². The van der Waals surface area contributed by atoms with Crippen LogP contribution in [0.4, 0.5) is 5.82 Å². The molecule has 196 valence electrons. The van der Waals surface area contributed by atoms with Crippen molar-refractivity contribution in [3.63, 3.8) is 0 Å². The monoisotopic (exact) mass is 510 g/mol. The lowest BCUT2D eigenvalue weighted by atomic mass is 9.86. The number of anilines is 1. The standard InChI is InChI=1S/C30H34N6O2/c1-19-31-27-15-21(10-11-30(27,2)34-19)20-6-9-26-22(14-20)17-36(12-13-38-26)29-24-8-7-23(37-5)16-25(24)32-28(33-29)18-35(3)4/h6-10,14-16H,11-13,17-18H2,1-5H3,(H,31,34). The molecule has 1 unspecified atom stereocenters. The van der Waals surface area contributed by atoms with Gasteiger partial charge in [0.2, 0.25) is 0 Å². The summed E-state index contributed by atoms with van der Waals surface area (Å²) in [6, 6.07) is 12.5. The number of aliphatic imine (C=N–C) groups is 1. The van der Waals surface area contributed by atoms with E-state index in [0.717, 1.165) is 64.1 Å². The molecule has 0 amide bonds. The van der Waals surface area contributed by atoms with E-state index in [0.29, 0.717) is 19.7 Å². The predicted octanol–water partition coefficient (Wildman–Crippen LogP) is 4.55. The summed E-state index contributed by atoms with van der Waals surface area (Å²) >= 11 is 0. The van der Waals surface area contributed by atoms with E-state index in [4.69, 9.17) is 24.4 Å². The number of amidine groups is 1. The van der Waals surface area contributed by atoms with Gasteiger partial charge in [0.15, 0.2) is 0 Å². The third kappa shape index (κ3) is 4.49. The Hall–Kier alpha value is -3.91. The van der Waals surface area contributed by atoms with Gasteiger partial charge in [-0.3, -0.25) is 4.99 Å². The molecule has 2 aliphatic heterocycles. The van der Waals surface area contributed by atoms with Crippen LogP contribution in [0, 0.1) is 0 Å². The summed E-state index contributed by atoms with van der Waals surface area (Å²) in [5, 5.41) is 4.46. The molecule has 3 aromatic rings. The highest BCUT2D eigenvalue weighted by Gasteiger charge is 2.35. The van der Waals surface area contributed by atoms with Gasteiger partial charge >= 0.3 is 0 Å². The van der Waals surface area contributed by atoms with Crippen molar-refractivity contribution in [1.82, 2.24) is 20.2 Å². The number of nitrogens with zero attached hydrogens (tertiary/aromatic N) is 5. The first-order valence-corrected chi connectivity index (χ1v) is 13.1. The molecule has 1 aromatic heterocycles. The molecule has 8 heteroatoms. The van der Waals surface area contributed by atoms with Crippen LogP contribution < -0.4 is 19.7 Å². The summed E-state index contributed by atoms with van der Waals surface area (Å²) in [7, 11) is 5.74. The van der Waals surface area contributed by atoms with E-state index in [2.05, 4.69) is 58.5 Å². The van der Waals surface area contributed by atoms with Crippen LogP contribution in [0.1, 0.15) is 37.2 Å². The molecule has 2 aromatic carbocycles. The number of fused-ring (bicyclic) bond motifs is 3. The molecule has 0 saturated carbocycles. The van der Waals surface area contributed by atoms with Gasteiger partial charge < -0.3 is 24.6 Å². The Morgan fingerprint density at radius 1 is 1.16 bits per heavy atom. The minimum Gasteiger partial charge on any atom is -0.497 e. The Labute approximate surface area is 223 Å². The van der Waals surface area contributed by atoms with E-state index < -0.39 is 0 Å². The molecule has 38 heavy (non-hydrogen) atoms. The first kappa shape index (κ1) is 24.4. The minimum absolute atomic E-state index is 0.180. The Morgan fingerprint density at radius 3 is 2.84 bits per heavy atom. The van der Waals surface area contributed by atoms with Gasteiger partial charge in [-0.05, 0) is 75.8 Å². The van der Waals surface area contributed by atoms with Crippen LogP contribution in [-0.4, -0.2) is 60.6 Å². The highest BCUT2D eigenvalue weighted by molar-refractivity contribution is 5.91. The second-order valence-electron chi connectivity index (χ2n) is 10.7. The highest BCUT2D eigenvalue weighted by atomic mass is 16.5. The summed E-state index contributed by atoms with van der Waals surface area (Å²) in [6.07, 6.45) is 5.41. The molecule has 0 spiro atoms. The van der Waals surface area contributed by atoms with Crippen molar-refractivity contribution in [2.75, 3.05) is 39.3 Å². The number of benzene rings is 2. The SMILES string of the molecule is COc1ccc2c(N3CCOc4ccc(C5=CCC6(C)N=C(C)NC6=C5)cc4C3)nc(CN(C)C)nc2c1. The molecule has 1 N–H and O–H groups in total. The lowest BCUT2D eigenvalue weighted by Gasteiger charge is -2.26. The van der Waals surface area contributed by atoms with Crippen LogP contribution in [0.25, 0.3) is 16.5 Å². The average molecular weight is 511 g/mol. The molecule has 3 aliphatic rings. The number of rotatable bonds is 5. The maximum Gasteiger partial charge on any atom is 0.145 e.